The molecule has 0 unspecified atom stereocenters. The minimum absolute atomic E-state index is 0.485. The average molecular weight is 190 g/mol. The first kappa shape index (κ1) is 8.58. The minimum Gasteiger partial charge on any atom is -0.472 e. The van der Waals surface area contributed by atoms with Crippen LogP contribution in [0.1, 0.15) is 45.6 Å². The highest BCUT2D eigenvalue weighted by molar-refractivity contribution is 5.37. The molecule has 3 aliphatic carbocycles. The maximum atomic E-state index is 5.18. The van der Waals surface area contributed by atoms with Crippen LogP contribution >= 0.6 is 0 Å². The Morgan fingerprint density at radius 1 is 1.21 bits per heavy atom. The normalized spacial score (nSPS) is 40.2. The van der Waals surface area contributed by atoms with Crippen LogP contribution in [0.2, 0.25) is 0 Å². The smallest absolute Gasteiger partial charge is 0.0940 e. The monoisotopic (exact) mass is 190 g/mol. The highest BCUT2D eigenvalue weighted by Crippen LogP contribution is 2.79. The van der Waals surface area contributed by atoms with Gasteiger partial charge in [-0.1, -0.05) is 20.8 Å². The average Bonchev–Trinajstić information content (AvgIpc) is 2.28. The van der Waals surface area contributed by atoms with Gasteiger partial charge in [-0.05, 0) is 41.7 Å². The Hall–Kier alpha value is -0.720. The number of hydrogen-bond donors (Lipinski definition) is 0. The second-order valence-corrected chi connectivity index (χ2v) is 6.35. The molecule has 76 valence electrons. The summed E-state index contributed by atoms with van der Waals surface area (Å²) >= 11 is 0. The molecule has 3 saturated carbocycles. The Kier molecular flexibility index (Phi) is 1.29. The van der Waals surface area contributed by atoms with Gasteiger partial charge in [0.2, 0.25) is 0 Å². The molecule has 3 aliphatic rings. The van der Waals surface area contributed by atoms with Crippen LogP contribution in [0.5, 0.6) is 0 Å². The lowest BCUT2D eigenvalue weighted by Gasteiger charge is -2.75. The van der Waals surface area contributed by atoms with Gasteiger partial charge >= 0.3 is 0 Å². The van der Waals surface area contributed by atoms with Gasteiger partial charge in [0, 0.05) is 5.41 Å². The summed E-state index contributed by atoms with van der Waals surface area (Å²) in [6.45, 7) is 7.14. The number of rotatable bonds is 1. The molecule has 0 saturated heterocycles. The first-order valence-corrected chi connectivity index (χ1v) is 5.50. The molecule has 1 aromatic heterocycles. The van der Waals surface area contributed by atoms with Crippen LogP contribution in [0, 0.1) is 10.8 Å². The Labute approximate surface area is 85.5 Å². The predicted molar refractivity (Wildman–Crippen MR) is 56.1 cm³/mol. The van der Waals surface area contributed by atoms with E-state index < -0.39 is 0 Å². The molecule has 2 bridgehead atoms. The van der Waals surface area contributed by atoms with Gasteiger partial charge < -0.3 is 4.42 Å². The number of furan rings is 1. The van der Waals surface area contributed by atoms with E-state index in [2.05, 4.69) is 26.8 Å². The van der Waals surface area contributed by atoms with Crippen LogP contribution in [0.3, 0.4) is 0 Å². The molecule has 4 rings (SSSR count). The van der Waals surface area contributed by atoms with E-state index in [0.29, 0.717) is 16.2 Å². The van der Waals surface area contributed by atoms with Gasteiger partial charge in [0.05, 0.1) is 12.5 Å². The lowest BCUT2D eigenvalue weighted by atomic mass is 9.28. The van der Waals surface area contributed by atoms with Gasteiger partial charge in [-0.2, -0.15) is 0 Å². The lowest BCUT2D eigenvalue weighted by Crippen LogP contribution is -2.69. The molecule has 0 amide bonds. The van der Waals surface area contributed by atoms with Gasteiger partial charge in [0.15, 0.2) is 0 Å². The zero-order valence-corrected chi connectivity index (χ0v) is 9.26. The maximum Gasteiger partial charge on any atom is 0.0940 e. The van der Waals surface area contributed by atoms with Crippen molar-refractivity contribution in [2.45, 2.75) is 45.4 Å². The van der Waals surface area contributed by atoms with Crippen LogP contribution in [0.15, 0.2) is 23.0 Å². The van der Waals surface area contributed by atoms with Crippen molar-refractivity contribution in [1.29, 1.82) is 0 Å². The molecule has 0 aliphatic heterocycles. The summed E-state index contributed by atoms with van der Waals surface area (Å²) in [5, 5.41) is 0. The highest BCUT2D eigenvalue weighted by atomic mass is 16.3. The van der Waals surface area contributed by atoms with Crippen molar-refractivity contribution >= 4 is 0 Å². The van der Waals surface area contributed by atoms with E-state index in [-0.39, 0.29) is 0 Å². The Bertz CT molecular complexity index is 333. The van der Waals surface area contributed by atoms with Crippen LogP contribution < -0.4 is 0 Å². The maximum absolute atomic E-state index is 5.18. The molecular weight excluding hydrogens is 172 g/mol. The van der Waals surface area contributed by atoms with E-state index in [1.807, 2.05) is 6.26 Å². The second-order valence-electron chi connectivity index (χ2n) is 6.35. The van der Waals surface area contributed by atoms with E-state index in [1.54, 1.807) is 6.26 Å². The van der Waals surface area contributed by atoms with Crippen molar-refractivity contribution in [3.8, 4) is 0 Å². The molecule has 1 aromatic rings. The first-order chi connectivity index (χ1) is 6.48. The van der Waals surface area contributed by atoms with Crippen LogP contribution in [-0.2, 0) is 5.41 Å². The zero-order chi connectivity index (χ0) is 10.0. The van der Waals surface area contributed by atoms with Gasteiger partial charge in [-0.3, -0.25) is 0 Å². The van der Waals surface area contributed by atoms with E-state index in [4.69, 9.17) is 4.42 Å². The van der Waals surface area contributed by atoms with Gasteiger partial charge in [-0.25, -0.2) is 0 Å². The summed E-state index contributed by atoms with van der Waals surface area (Å²) in [6.07, 6.45) is 7.88. The first-order valence-electron chi connectivity index (χ1n) is 5.50. The molecular formula is C13H18O. The van der Waals surface area contributed by atoms with Crippen molar-refractivity contribution in [2.24, 2.45) is 10.8 Å². The standard InChI is InChI=1S/C13H18O/c1-11(2,3)13-7-12(8-13,9-13)10-4-5-14-6-10/h4-6H,7-9H2,1-3H3. The fourth-order valence-electron chi connectivity index (χ4n) is 3.46. The molecule has 0 spiro atoms. The summed E-state index contributed by atoms with van der Waals surface area (Å²) in [4.78, 5) is 0. The third-order valence-corrected chi connectivity index (χ3v) is 4.75. The highest BCUT2D eigenvalue weighted by Gasteiger charge is 2.71. The zero-order valence-electron chi connectivity index (χ0n) is 9.26. The summed E-state index contributed by atoms with van der Waals surface area (Å²) < 4.78 is 5.18. The Morgan fingerprint density at radius 3 is 2.29 bits per heavy atom. The van der Waals surface area contributed by atoms with Crippen molar-refractivity contribution < 1.29 is 4.42 Å². The molecule has 0 radical (unpaired) electrons. The van der Waals surface area contributed by atoms with Crippen LogP contribution in [0.4, 0.5) is 0 Å². The summed E-state index contributed by atoms with van der Waals surface area (Å²) in [7, 11) is 0. The molecule has 0 aromatic carbocycles. The summed E-state index contributed by atoms with van der Waals surface area (Å²) in [6, 6.07) is 2.14. The van der Waals surface area contributed by atoms with Gasteiger partial charge in [-0.15, -0.1) is 0 Å². The van der Waals surface area contributed by atoms with E-state index in [1.165, 1.54) is 24.8 Å². The van der Waals surface area contributed by atoms with Crippen molar-refractivity contribution in [3.63, 3.8) is 0 Å². The predicted octanol–water partition coefficient (Wildman–Crippen LogP) is 3.75. The van der Waals surface area contributed by atoms with Crippen molar-refractivity contribution in [1.82, 2.24) is 0 Å². The SMILES string of the molecule is CC(C)(C)C12CC(c3ccoc3)(C1)C2. The molecule has 0 atom stereocenters. The number of hydrogen-bond acceptors (Lipinski definition) is 1. The quantitative estimate of drug-likeness (QED) is 0.657. The van der Waals surface area contributed by atoms with Crippen molar-refractivity contribution in [3.05, 3.63) is 24.2 Å². The van der Waals surface area contributed by atoms with E-state index in [9.17, 15) is 0 Å². The summed E-state index contributed by atoms with van der Waals surface area (Å²) in [5.74, 6) is 0. The van der Waals surface area contributed by atoms with Gasteiger partial charge in [0.25, 0.3) is 0 Å². The third kappa shape index (κ3) is 0.773. The minimum atomic E-state index is 0.485. The van der Waals surface area contributed by atoms with Gasteiger partial charge in [0.1, 0.15) is 0 Å². The fraction of sp³-hybridized carbons (Fsp3) is 0.692. The summed E-state index contributed by atoms with van der Waals surface area (Å²) in [5.41, 5.74) is 3.08. The second kappa shape index (κ2) is 2.10. The lowest BCUT2D eigenvalue weighted by molar-refractivity contribution is -0.208. The van der Waals surface area contributed by atoms with E-state index in [0.717, 1.165) is 0 Å². The van der Waals surface area contributed by atoms with Crippen LogP contribution in [-0.4, -0.2) is 0 Å². The van der Waals surface area contributed by atoms with E-state index >= 15 is 0 Å². The van der Waals surface area contributed by atoms with Crippen molar-refractivity contribution in [2.75, 3.05) is 0 Å². The van der Waals surface area contributed by atoms with Crippen LogP contribution in [0.25, 0.3) is 0 Å². The molecule has 3 fully saturated rings. The Balaban J connectivity index is 1.82. The molecule has 14 heavy (non-hydrogen) atoms. The fourth-order valence-corrected chi connectivity index (χ4v) is 3.46. The largest absolute Gasteiger partial charge is 0.472 e. The Morgan fingerprint density at radius 2 is 1.86 bits per heavy atom. The molecule has 1 nitrogen and oxygen atoms in total. The molecule has 1 heteroatoms. The topological polar surface area (TPSA) is 13.1 Å². The molecule has 1 heterocycles. The molecule has 0 N–H and O–H groups in total. The third-order valence-electron chi connectivity index (χ3n) is 4.75.